The van der Waals surface area contributed by atoms with E-state index >= 15 is 0 Å². The van der Waals surface area contributed by atoms with Gasteiger partial charge < -0.3 is 4.57 Å². The fourth-order valence-corrected chi connectivity index (χ4v) is 2.48. The molecule has 1 aromatic heterocycles. The number of rotatable bonds is 0. The highest BCUT2D eigenvalue weighted by atomic mass is 19.4. The molecule has 0 radical (unpaired) electrons. The molecule has 0 unspecified atom stereocenters. The zero-order valence-corrected chi connectivity index (χ0v) is 8.51. The van der Waals surface area contributed by atoms with E-state index in [0.717, 1.165) is 23.9 Å². The minimum absolute atomic E-state index is 0.338. The molecule has 4 heteroatoms. The molecule has 0 N–H and O–H groups in total. The first kappa shape index (κ1) is 9.75. The van der Waals surface area contributed by atoms with E-state index in [1.54, 1.807) is 16.7 Å². The predicted molar refractivity (Wildman–Crippen MR) is 55.3 cm³/mol. The Kier molecular flexibility index (Phi) is 1.85. The van der Waals surface area contributed by atoms with Crippen molar-refractivity contribution in [3.8, 4) is 0 Å². The van der Waals surface area contributed by atoms with Crippen molar-refractivity contribution in [3.63, 3.8) is 0 Å². The third kappa shape index (κ3) is 1.25. The average Bonchev–Trinajstić information content (AvgIpc) is 2.60. The first-order valence-corrected chi connectivity index (χ1v) is 5.25. The molecule has 16 heavy (non-hydrogen) atoms. The second-order valence-electron chi connectivity index (χ2n) is 4.15. The zero-order valence-electron chi connectivity index (χ0n) is 8.51. The minimum Gasteiger partial charge on any atom is -0.347 e. The zero-order chi connectivity index (χ0) is 11.3. The smallest absolute Gasteiger partial charge is 0.347 e. The normalized spacial score (nSPS) is 15.7. The van der Waals surface area contributed by atoms with Gasteiger partial charge in [0.15, 0.2) is 0 Å². The summed E-state index contributed by atoms with van der Waals surface area (Å²) in [5.74, 6) is 0. The Labute approximate surface area is 90.5 Å². The van der Waals surface area contributed by atoms with Crippen LogP contribution in [-0.4, -0.2) is 4.57 Å². The van der Waals surface area contributed by atoms with Crippen molar-refractivity contribution >= 4 is 10.9 Å². The van der Waals surface area contributed by atoms with Gasteiger partial charge in [-0.3, -0.25) is 0 Å². The van der Waals surface area contributed by atoms with Gasteiger partial charge in [-0.2, -0.15) is 13.2 Å². The van der Waals surface area contributed by atoms with Crippen molar-refractivity contribution in [3.05, 3.63) is 35.5 Å². The summed E-state index contributed by atoms with van der Waals surface area (Å²) in [5.41, 5.74) is 1.28. The third-order valence-corrected chi connectivity index (χ3v) is 3.13. The second-order valence-corrected chi connectivity index (χ2v) is 4.15. The maximum atomic E-state index is 12.8. The van der Waals surface area contributed by atoms with Crippen LogP contribution in [0.4, 0.5) is 13.2 Å². The first-order chi connectivity index (χ1) is 7.57. The minimum atomic E-state index is -4.26. The van der Waals surface area contributed by atoms with Crippen molar-refractivity contribution < 1.29 is 13.2 Å². The van der Waals surface area contributed by atoms with E-state index in [4.69, 9.17) is 0 Å². The molecule has 0 atom stereocenters. The summed E-state index contributed by atoms with van der Waals surface area (Å²) in [7, 11) is 0. The van der Waals surface area contributed by atoms with Crippen LogP contribution in [0.1, 0.15) is 17.5 Å². The number of para-hydroxylation sites is 1. The molecule has 0 bridgehead atoms. The van der Waals surface area contributed by atoms with Gasteiger partial charge in [-0.25, -0.2) is 0 Å². The Morgan fingerprint density at radius 1 is 1.19 bits per heavy atom. The molecule has 84 valence electrons. The maximum Gasteiger partial charge on any atom is 0.418 e. The van der Waals surface area contributed by atoms with Crippen LogP contribution in [0.5, 0.6) is 0 Å². The number of aromatic nitrogens is 1. The van der Waals surface area contributed by atoms with Crippen LogP contribution in [0.15, 0.2) is 24.4 Å². The Morgan fingerprint density at radius 2 is 2.00 bits per heavy atom. The summed E-state index contributed by atoms with van der Waals surface area (Å²) in [6.07, 6.45) is -1.23. The fourth-order valence-electron chi connectivity index (χ4n) is 2.48. The molecule has 1 aliphatic heterocycles. The molecule has 0 saturated carbocycles. The van der Waals surface area contributed by atoms with Gasteiger partial charge in [0, 0.05) is 18.1 Å². The quantitative estimate of drug-likeness (QED) is 0.645. The van der Waals surface area contributed by atoms with Crippen LogP contribution in [0, 0.1) is 0 Å². The van der Waals surface area contributed by atoms with E-state index in [9.17, 15) is 13.2 Å². The van der Waals surface area contributed by atoms with E-state index in [2.05, 4.69) is 0 Å². The number of aryl methyl sites for hydroxylation is 2. The lowest BCUT2D eigenvalue weighted by atomic mass is 10.0. The molecule has 0 aliphatic carbocycles. The van der Waals surface area contributed by atoms with Gasteiger partial charge in [0.25, 0.3) is 0 Å². The van der Waals surface area contributed by atoms with Crippen LogP contribution in [0.2, 0.25) is 0 Å². The van der Waals surface area contributed by atoms with Crippen molar-refractivity contribution in [2.75, 3.05) is 0 Å². The molecular weight excluding hydrogens is 215 g/mol. The van der Waals surface area contributed by atoms with E-state index in [1.807, 2.05) is 6.07 Å². The van der Waals surface area contributed by atoms with E-state index in [1.165, 1.54) is 6.20 Å². The van der Waals surface area contributed by atoms with Gasteiger partial charge in [0.2, 0.25) is 0 Å². The van der Waals surface area contributed by atoms with Gasteiger partial charge in [0.05, 0.1) is 11.1 Å². The Balaban J connectivity index is 2.39. The van der Waals surface area contributed by atoms with Crippen molar-refractivity contribution in [2.24, 2.45) is 0 Å². The number of alkyl halides is 3. The molecule has 1 aromatic carbocycles. The number of hydrogen-bond donors (Lipinski definition) is 0. The molecular formula is C12H10F3N. The van der Waals surface area contributed by atoms with E-state index in [-0.39, 0.29) is 0 Å². The van der Waals surface area contributed by atoms with E-state index in [0.29, 0.717) is 11.9 Å². The summed E-state index contributed by atoms with van der Waals surface area (Å²) < 4.78 is 40.2. The lowest BCUT2D eigenvalue weighted by Crippen LogP contribution is -2.06. The lowest BCUT2D eigenvalue weighted by molar-refractivity contribution is -0.136. The molecule has 0 spiro atoms. The highest BCUT2D eigenvalue weighted by Gasteiger charge is 2.35. The Hall–Kier alpha value is -1.45. The Bertz CT molecular complexity index is 551. The van der Waals surface area contributed by atoms with Crippen LogP contribution >= 0.6 is 0 Å². The van der Waals surface area contributed by atoms with Gasteiger partial charge in [-0.05, 0) is 18.4 Å². The molecule has 0 amide bonds. The fraction of sp³-hybridized carbons (Fsp3) is 0.333. The number of hydrogen-bond acceptors (Lipinski definition) is 0. The van der Waals surface area contributed by atoms with E-state index < -0.39 is 11.7 Å². The number of nitrogens with zero attached hydrogens (tertiary/aromatic N) is 1. The van der Waals surface area contributed by atoms with Crippen molar-refractivity contribution in [2.45, 2.75) is 25.6 Å². The standard InChI is InChI=1S/C12H10F3N/c13-12(14,15)10-7-16-6-2-4-8-3-1-5-9(10)11(8)16/h1,3,5,7H,2,4,6H2. The lowest BCUT2D eigenvalue weighted by Gasteiger charge is -2.14. The van der Waals surface area contributed by atoms with Gasteiger partial charge in [-0.1, -0.05) is 18.2 Å². The first-order valence-electron chi connectivity index (χ1n) is 5.25. The maximum absolute atomic E-state index is 12.8. The molecule has 2 heterocycles. The molecule has 3 rings (SSSR count). The highest BCUT2D eigenvalue weighted by molar-refractivity contribution is 5.87. The van der Waals surface area contributed by atoms with Gasteiger partial charge in [0.1, 0.15) is 0 Å². The van der Waals surface area contributed by atoms with Crippen LogP contribution < -0.4 is 0 Å². The number of halogens is 3. The number of benzene rings is 1. The predicted octanol–water partition coefficient (Wildman–Crippen LogP) is 3.61. The summed E-state index contributed by atoms with van der Waals surface area (Å²) in [6.45, 7) is 0.684. The third-order valence-electron chi connectivity index (χ3n) is 3.13. The SMILES string of the molecule is FC(F)(F)c1cn2c3c(cccc13)CCC2. The summed E-state index contributed by atoms with van der Waals surface area (Å²) >= 11 is 0. The average molecular weight is 225 g/mol. The van der Waals surface area contributed by atoms with Gasteiger partial charge >= 0.3 is 6.18 Å². The van der Waals surface area contributed by atoms with Crippen LogP contribution in [0.25, 0.3) is 10.9 Å². The second kappa shape index (κ2) is 3.03. The Morgan fingerprint density at radius 3 is 2.75 bits per heavy atom. The van der Waals surface area contributed by atoms with Crippen molar-refractivity contribution in [1.82, 2.24) is 4.57 Å². The highest BCUT2D eigenvalue weighted by Crippen LogP contribution is 2.38. The summed E-state index contributed by atoms with van der Waals surface area (Å²) in [4.78, 5) is 0. The monoisotopic (exact) mass is 225 g/mol. The summed E-state index contributed by atoms with van der Waals surface area (Å²) in [5, 5.41) is 0.338. The molecule has 2 aromatic rings. The summed E-state index contributed by atoms with van der Waals surface area (Å²) in [6, 6.07) is 5.18. The molecule has 0 saturated heterocycles. The van der Waals surface area contributed by atoms with Crippen LogP contribution in [0.3, 0.4) is 0 Å². The molecule has 0 fully saturated rings. The van der Waals surface area contributed by atoms with Gasteiger partial charge in [-0.15, -0.1) is 0 Å². The molecule has 1 nitrogen and oxygen atoms in total. The van der Waals surface area contributed by atoms with Crippen molar-refractivity contribution in [1.29, 1.82) is 0 Å². The topological polar surface area (TPSA) is 4.93 Å². The van der Waals surface area contributed by atoms with Crippen LogP contribution in [-0.2, 0) is 19.1 Å². The molecule has 1 aliphatic rings. The largest absolute Gasteiger partial charge is 0.418 e.